The molecule has 0 aromatic carbocycles. The highest BCUT2D eigenvalue weighted by Crippen LogP contribution is 2.16. The van der Waals surface area contributed by atoms with Crippen LogP contribution in [0.5, 0.6) is 0 Å². The fourth-order valence-corrected chi connectivity index (χ4v) is 2.98. The molecule has 17 heavy (non-hydrogen) atoms. The summed E-state index contributed by atoms with van der Waals surface area (Å²) in [5.41, 5.74) is 0. The molecular formula is C13H27N3O. The van der Waals surface area contributed by atoms with Gasteiger partial charge in [-0.2, -0.15) is 0 Å². The van der Waals surface area contributed by atoms with Crippen LogP contribution in [-0.4, -0.2) is 74.9 Å². The molecule has 0 amide bonds. The molecule has 0 bridgehead atoms. The van der Waals surface area contributed by atoms with Crippen LogP contribution in [0.2, 0.25) is 0 Å². The third-order valence-electron chi connectivity index (χ3n) is 4.02. The van der Waals surface area contributed by atoms with Crippen molar-refractivity contribution >= 4 is 0 Å². The van der Waals surface area contributed by atoms with Gasteiger partial charge in [-0.3, -0.25) is 4.90 Å². The summed E-state index contributed by atoms with van der Waals surface area (Å²) in [6, 6.07) is 1.20. The van der Waals surface area contributed by atoms with Gasteiger partial charge < -0.3 is 15.0 Å². The van der Waals surface area contributed by atoms with E-state index in [2.05, 4.69) is 29.1 Å². The van der Waals surface area contributed by atoms with Crippen LogP contribution < -0.4 is 5.32 Å². The zero-order valence-electron chi connectivity index (χ0n) is 11.3. The normalized spacial score (nSPS) is 33.5. The van der Waals surface area contributed by atoms with Gasteiger partial charge in [0.05, 0.1) is 6.61 Å². The largest absolute Gasteiger partial charge is 0.380 e. The first-order valence-corrected chi connectivity index (χ1v) is 7.05. The van der Waals surface area contributed by atoms with Crippen LogP contribution in [0.1, 0.15) is 19.8 Å². The lowest BCUT2D eigenvalue weighted by molar-refractivity contribution is -0.00125. The van der Waals surface area contributed by atoms with Crippen LogP contribution in [0.3, 0.4) is 0 Å². The maximum absolute atomic E-state index is 5.68. The molecule has 4 nitrogen and oxygen atoms in total. The average molecular weight is 241 g/mol. The van der Waals surface area contributed by atoms with Gasteiger partial charge in [0.2, 0.25) is 0 Å². The molecule has 1 N–H and O–H groups in total. The summed E-state index contributed by atoms with van der Waals surface area (Å²) in [6.45, 7) is 9.92. The van der Waals surface area contributed by atoms with E-state index in [0.717, 1.165) is 26.2 Å². The Morgan fingerprint density at radius 3 is 2.94 bits per heavy atom. The molecule has 2 unspecified atom stereocenters. The first kappa shape index (κ1) is 13.3. The van der Waals surface area contributed by atoms with Crippen molar-refractivity contribution in [3.05, 3.63) is 0 Å². The van der Waals surface area contributed by atoms with Crippen molar-refractivity contribution in [3.63, 3.8) is 0 Å². The zero-order chi connectivity index (χ0) is 12.1. The van der Waals surface area contributed by atoms with Gasteiger partial charge in [0, 0.05) is 31.8 Å². The number of nitrogens with zero attached hydrogens (tertiary/aromatic N) is 2. The van der Waals surface area contributed by atoms with Crippen LogP contribution in [-0.2, 0) is 4.74 Å². The quantitative estimate of drug-likeness (QED) is 0.774. The smallest absolute Gasteiger partial charge is 0.0637 e. The molecule has 4 heteroatoms. The Labute approximate surface area is 105 Å². The van der Waals surface area contributed by atoms with Gasteiger partial charge >= 0.3 is 0 Å². The summed E-state index contributed by atoms with van der Waals surface area (Å²) in [6.07, 6.45) is 2.44. The second kappa shape index (κ2) is 6.69. The van der Waals surface area contributed by atoms with Crippen LogP contribution >= 0.6 is 0 Å². The number of ether oxygens (including phenoxy) is 1. The average Bonchev–Trinajstić information content (AvgIpc) is 2.55. The van der Waals surface area contributed by atoms with Gasteiger partial charge in [0.25, 0.3) is 0 Å². The SMILES string of the molecule is CCNC1CCOCC1N1CCCN(C)CC1. The van der Waals surface area contributed by atoms with E-state index >= 15 is 0 Å². The molecule has 0 spiro atoms. The molecule has 2 aliphatic heterocycles. The lowest BCUT2D eigenvalue weighted by Gasteiger charge is -2.39. The molecule has 0 aliphatic carbocycles. The summed E-state index contributed by atoms with van der Waals surface area (Å²) in [7, 11) is 2.22. The maximum Gasteiger partial charge on any atom is 0.0637 e. The molecule has 100 valence electrons. The summed E-state index contributed by atoms with van der Waals surface area (Å²) in [4.78, 5) is 5.07. The lowest BCUT2D eigenvalue weighted by atomic mass is 10.0. The Balaban J connectivity index is 1.92. The highest BCUT2D eigenvalue weighted by Gasteiger charge is 2.30. The number of nitrogens with one attached hydrogen (secondary N) is 1. The maximum atomic E-state index is 5.68. The van der Waals surface area contributed by atoms with E-state index in [1.54, 1.807) is 0 Å². The van der Waals surface area contributed by atoms with Crippen LogP contribution in [0, 0.1) is 0 Å². The minimum Gasteiger partial charge on any atom is -0.380 e. The Kier molecular flexibility index (Phi) is 5.22. The van der Waals surface area contributed by atoms with Crippen LogP contribution in [0.15, 0.2) is 0 Å². The van der Waals surface area contributed by atoms with Crippen LogP contribution in [0.25, 0.3) is 0 Å². The van der Waals surface area contributed by atoms with E-state index in [-0.39, 0.29) is 0 Å². The zero-order valence-corrected chi connectivity index (χ0v) is 11.3. The Hall–Kier alpha value is -0.160. The van der Waals surface area contributed by atoms with Crippen molar-refractivity contribution in [1.82, 2.24) is 15.1 Å². The van der Waals surface area contributed by atoms with Crippen molar-refractivity contribution in [2.45, 2.75) is 31.8 Å². The van der Waals surface area contributed by atoms with Crippen molar-refractivity contribution in [2.24, 2.45) is 0 Å². The molecule has 2 saturated heterocycles. The van der Waals surface area contributed by atoms with Crippen molar-refractivity contribution in [1.29, 1.82) is 0 Å². The van der Waals surface area contributed by atoms with Gasteiger partial charge in [-0.25, -0.2) is 0 Å². The van der Waals surface area contributed by atoms with Crippen molar-refractivity contribution < 1.29 is 4.74 Å². The monoisotopic (exact) mass is 241 g/mol. The van der Waals surface area contributed by atoms with Crippen molar-refractivity contribution in [3.8, 4) is 0 Å². The minimum atomic E-state index is 0.579. The Bertz CT molecular complexity index is 223. The van der Waals surface area contributed by atoms with Crippen LogP contribution in [0.4, 0.5) is 0 Å². The summed E-state index contributed by atoms with van der Waals surface area (Å²) >= 11 is 0. The van der Waals surface area contributed by atoms with Gasteiger partial charge in [0.15, 0.2) is 0 Å². The first-order chi connectivity index (χ1) is 8.31. The predicted octanol–water partition coefficient (Wildman–Crippen LogP) is 0.391. The standard InChI is InChI=1S/C13H27N3O/c1-3-14-12-5-10-17-11-13(12)16-7-4-6-15(2)8-9-16/h12-14H,3-11H2,1-2H3. The second-order valence-electron chi connectivity index (χ2n) is 5.29. The number of likely N-dealkylation sites (N-methyl/N-ethyl adjacent to an activating group) is 2. The number of hydrogen-bond acceptors (Lipinski definition) is 4. The molecule has 0 aromatic heterocycles. The molecule has 0 aromatic rings. The molecule has 2 rings (SSSR count). The van der Waals surface area contributed by atoms with Crippen molar-refractivity contribution in [2.75, 3.05) is 53.0 Å². The third kappa shape index (κ3) is 3.65. The number of hydrogen-bond donors (Lipinski definition) is 1. The van der Waals surface area contributed by atoms with E-state index in [0.29, 0.717) is 12.1 Å². The third-order valence-corrected chi connectivity index (χ3v) is 4.02. The number of rotatable bonds is 3. The lowest BCUT2D eigenvalue weighted by Crippen LogP contribution is -2.56. The van der Waals surface area contributed by atoms with Gasteiger partial charge in [-0.05, 0) is 39.5 Å². The first-order valence-electron chi connectivity index (χ1n) is 7.05. The molecule has 2 heterocycles. The van der Waals surface area contributed by atoms with E-state index in [1.165, 1.54) is 32.6 Å². The highest BCUT2D eigenvalue weighted by atomic mass is 16.5. The van der Waals surface area contributed by atoms with E-state index in [1.807, 2.05) is 0 Å². The fraction of sp³-hybridized carbons (Fsp3) is 1.00. The molecular weight excluding hydrogens is 214 g/mol. The Morgan fingerprint density at radius 2 is 2.12 bits per heavy atom. The fourth-order valence-electron chi connectivity index (χ4n) is 2.98. The topological polar surface area (TPSA) is 27.7 Å². The summed E-state index contributed by atoms with van der Waals surface area (Å²) in [5, 5.41) is 3.63. The Morgan fingerprint density at radius 1 is 1.24 bits per heavy atom. The molecule has 0 saturated carbocycles. The molecule has 2 aliphatic rings. The second-order valence-corrected chi connectivity index (χ2v) is 5.29. The van der Waals surface area contributed by atoms with E-state index in [4.69, 9.17) is 4.74 Å². The molecule has 2 atom stereocenters. The minimum absolute atomic E-state index is 0.579. The predicted molar refractivity (Wildman–Crippen MR) is 70.4 cm³/mol. The summed E-state index contributed by atoms with van der Waals surface area (Å²) < 4.78 is 5.68. The highest BCUT2D eigenvalue weighted by molar-refractivity contribution is 4.88. The molecule has 2 fully saturated rings. The van der Waals surface area contributed by atoms with E-state index < -0.39 is 0 Å². The van der Waals surface area contributed by atoms with Gasteiger partial charge in [0.1, 0.15) is 0 Å². The summed E-state index contributed by atoms with van der Waals surface area (Å²) in [5.74, 6) is 0. The van der Waals surface area contributed by atoms with Gasteiger partial charge in [-0.1, -0.05) is 6.92 Å². The van der Waals surface area contributed by atoms with E-state index in [9.17, 15) is 0 Å². The van der Waals surface area contributed by atoms with Gasteiger partial charge in [-0.15, -0.1) is 0 Å². The molecule has 0 radical (unpaired) electrons.